The summed E-state index contributed by atoms with van der Waals surface area (Å²) >= 11 is 0. The molecule has 0 heterocycles. The Hall–Kier alpha value is -1.55. The Kier molecular flexibility index (Phi) is 3.33. The van der Waals surface area contributed by atoms with Gasteiger partial charge >= 0.3 is 5.97 Å². The van der Waals surface area contributed by atoms with E-state index in [9.17, 15) is 9.90 Å². The van der Waals surface area contributed by atoms with Crippen LogP contribution in [-0.2, 0) is 4.79 Å². The fourth-order valence-corrected chi connectivity index (χ4v) is 1.88. The van der Waals surface area contributed by atoms with E-state index in [1.54, 1.807) is 13.2 Å². The lowest BCUT2D eigenvalue weighted by molar-refractivity contribution is -0.139. The van der Waals surface area contributed by atoms with Gasteiger partial charge in [-0.2, -0.15) is 0 Å². The molecule has 1 aliphatic carbocycles. The highest BCUT2D eigenvalue weighted by molar-refractivity contribution is 5.75. The summed E-state index contributed by atoms with van der Waals surface area (Å²) in [6.07, 6.45) is 2.14. The van der Waals surface area contributed by atoms with Gasteiger partial charge < -0.3 is 9.84 Å². The molecule has 1 atom stereocenters. The van der Waals surface area contributed by atoms with Crippen molar-refractivity contribution in [2.45, 2.75) is 31.8 Å². The predicted molar refractivity (Wildman–Crippen MR) is 64.3 cm³/mol. The number of hydrogen-bond donors (Lipinski definition) is 2. The maximum absolute atomic E-state index is 11.2. The zero-order valence-electron chi connectivity index (χ0n) is 10.1. The van der Waals surface area contributed by atoms with Crippen molar-refractivity contribution < 1.29 is 14.6 Å². The van der Waals surface area contributed by atoms with Crippen LogP contribution in [0.2, 0.25) is 0 Å². The number of benzene rings is 1. The molecule has 17 heavy (non-hydrogen) atoms. The maximum Gasteiger partial charge on any atom is 0.325 e. The van der Waals surface area contributed by atoms with Gasteiger partial charge in [0.2, 0.25) is 0 Å². The van der Waals surface area contributed by atoms with Crippen LogP contribution < -0.4 is 10.1 Å². The van der Waals surface area contributed by atoms with Crippen molar-refractivity contribution in [1.82, 2.24) is 5.32 Å². The Morgan fingerprint density at radius 3 is 2.71 bits per heavy atom. The summed E-state index contributed by atoms with van der Waals surface area (Å²) in [4.78, 5) is 11.2. The minimum atomic E-state index is -0.832. The molecule has 1 aliphatic rings. The Balaban J connectivity index is 2.22. The minimum Gasteiger partial charge on any atom is -0.496 e. The van der Waals surface area contributed by atoms with E-state index in [1.807, 2.05) is 19.1 Å². The normalized spacial score (nSPS) is 16.6. The number of rotatable bonds is 5. The lowest BCUT2D eigenvalue weighted by atomic mass is 10.0. The first kappa shape index (κ1) is 11.9. The van der Waals surface area contributed by atoms with E-state index in [4.69, 9.17) is 4.74 Å². The highest BCUT2D eigenvalue weighted by atomic mass is 16.5. The number of methoxy groups -OCH3 is 1. The van der Waals surface area contributed by atoms with Crippen LogP contribution in [-0.4, -0.2) is 24.2 Å². The average molecular weight is 235 g/mol. The van der Waals surface area contributed by atoms with Crippen LogP contribution in [0.5, 0.6) is 5.75 Å². The average Bonchev–Trinajstić information content (AvgIpc) is 3.09. The van der Waals surface area contributed by atoms with Gasteiger partial charge in [-0.25, -0.2) is 0 Å². The van der Waals surface area contributed by atoms with E-state index < -0.39 is 12.0 Å². The number of carboxylic acid groups (broad SMARTS) is 1. The van der Waals surface area contributed by atoms with E-state index in [1.165, 1.54) is 0 Å². The molecule has 0 amide bonds. The summed E-state index contributed by atoms with van der Waals surface area (Å²) in [6.45, 7) is 1.92. The monoisotopic (exact) mass is 235 g/mol. The largest absolute Gasteiger partial charge is 0.496 e. The number of aliphatic carboxylic acids is 1. The van der Waals surface area contributed by atoms with Gasteiger partial charge in [0.25, 0.3) is 0 Å². The van der Waals surface area contributed by atoms with E-state index in [0.717, 1.165) is 29.7 Å². The highest BCUT2D eigenvalue weighted by Gasteiger charge is 2.29. The fourth-order valence-electron chi connectivity index (χ4n) is 1.88. The number of carboxylic acids is 1. The van der Waals surface area contributed by atoms with E-state index in [-0.39, 0.29) is 0 Å². The zero-order valence-corrected chi connectivity index (χ0v) is 10.1. The molecule has 1 saturated carbocycles. The number of ether oxygens (including phenoxy) is 1. The predicted octanol–water partition coefficient (Wildman–Crippen LogP) is 1.88. The molecule has 4 heteroatoms. The van der Waals surface area contributed by atoms with Crippen molar-refractivity contribution in [3.05, 3.63) is 29.3 Å². The molecule has 0 saturated heterocycles. The van der Waals surface area contributed by atoms with Gasteiger partial charge in [-0.15, -0.1) is 0 Å². The molecule has 0 radical (unpaired) electrons. The van der Waals surface area contributed by atoms with Crippen molar-refractivity contribution >= 4 is 5.97 Å². The summed E-state index contributed by atoms with van der Waals surface area (Å²) in [5, 5.41) is 12.4. The van der Waals surface area contributed by atoms with Gasteiger partial charge in [0, 0.05) is 6.04 Å². The second-order valence-corrected chi connectivity index (χ2v) is 4.44. The van der Waals surface area contributed by atoms with Gasteiger partial charge in [-0.3, -0.25) is 10.1 Å². The van der Waals surface area contributed by atoms with E-state index in [2.05, 4.69) is 5.32 Å². The first-order chi connectivity index (χ1) is 8.11. The number of hydrogen-bond acceptors (Lipinski definition) is 3. The molecule has 92 valence electrons. The number of aryl methyl sites for hydroxylation is 1. The molecule has 2 N–H and O–H groups in total. The van der Waals surface area contributed by atoms with Gasteiger partial charge in [0.1, 0.15) is 11.8 Å². The Bertz CT molecular complexity index is 427. The van der Waals surface area contributed by atoms with Crippen LogP contribution in [0.3, 0.4) is 0 Å². The topological polar surface area (TPSA) is 58.6 Å². The molecule has 1 unspecified atom stereocenters. The molecule has 0 spiro atoms. The molecule has 4 nitrogen and oxygen atoms in total. The van der Waals surface area contributed by atoms with E-state index >= 15 is 0 Å². The molecular weight excluding hydrogens is 218 g/mol. The van der Waals surface area contributed by atoms with Crippen LogP contribution >= 0.6 is 0 Å². The van der Waals surface area contributed by atoms with Crippen LogP contribution in [0.25, 0.3) is 0 Å². The summed E-state index contributed by atoms with van der Waals surface area (Å²) in [5.74, 6) is -0.0502. The summed E-state index contributed by atoms with van der Waals surface area (Å²) in [7, 11) is 1.61. The number of carbonyl (C=O) groups is 1. The third kappa shape index (κ3) is 2.77. The molecule has 0 bridgehead atoms. The summed E-state index contributed by atoms with van der Waals surface area (Å²) in [6, 6.07) is 5.23. The highest BCUT2D eigenvalue weighted by Crippen LogP contribution is 2.27. The Morgan fingerprint density at radius 1 is 1.53 bits per heavy atom. The van der Waals surface area contributed by atoms with Crippen LogP contribution in [0, 0.1) is 6.92 Å². The molecule has 0 aliphatic heterocycles. The minimum absolute atomic E-state index is 0.360. The van der Waals surface area contributed by atoms with Gasteiger partial charge in [0.15, 0.2) is 0 Å². The lowest BCUT2D eigenvalue weighted by Gasteiger charge is -2.16. The third-order valence-electron chi connectivity index (χ3n) is 2.98. The fraction of sp³-hybridized carbons (Fsp3) is 0.462. The molecule has 0 aromatic heterocycles. The molecule has 1 fully saturated rings. The molecule has 2 rings (SSSR count). The molecular formula is C13H17NO3. The van der Waals surface area contributed by atoms with Gasteiger partial charge in [-0.05, 0) is 37.0 Å². The summed E-state index contributed by atoms with van der Waals surface area (Å²) in [5.41, 5.74) is 1.73. The first-order valence-electron chi connectivity index (χ1n) is 5.75. The van der Waals surface area contributed by atoms with Crippen molar-refractivity contribution in [2.75, 3.05) is 7.11 Å². The van der Waals surface area contributed by atoms with Crippen LogP contribution in [0.15, 0.2) is 18.2 Å². The van der Waals surface area contributed by atoms with Gasteiger partial charge in [-0.1, -0.05) is 12.1 Å². The van der Waals surface area contributed by atoms with Crippen LogP contribution in [0.1, 0.15) is 30.0 Å². The number of nitrogens with one attached hydrogen (secondary N) is 1. The van der Waals surface area contributed by atoms with Crippen molar-refractivity contribution in [3.8, 4) is 5.75 Å². The Morgan fingerprint density at radius 2 is 2.24 bits per heavy atom. The SMILES string of the molecule is COc1ccc(C(NC2CC2)C(=O)O)cc1C. The smallest absolute Gasteiger partial charge is 0.325 e. The van der Waals surface area contributed by atoms with E-state index in [0.29, 0.717) is 6.04 Å². The van der Waals surface area contributed by atoms with Crippen molar-refractivity contribution in [1.29, 1.82) is 0 Å². The van der Waals surface area contributed by atoms with Crippen LogP contribution in [0.4, 0.5) is 0 Å². The summed E-state index contributed by atoms with van der Waals surface area (Å²) < 4.78 is 5.17. The Labute approximate surface area is 101 Å². The standard InChI is InChI=1S/C13H17NO3/c1-8-7-9(3-6-11(8)17-2)12(13(15)16)14-10-4-5-10/h3,6-7,10,12,14H,4-5H2,1-2H3,(H,15,16). The molecule has 1 aromatic rings. The first-order valence-corrected chi connectivity index (χ1v) is 5.75. The van der Waals surface area contributed by atoms with Crippen molar-refractivity contribution in [2.24, 2.45) is 0 Å². The third-order valence-corrected chi connectivity index (χ3v) is 2.98. The maximum atomic E-state index is 11.2. The second-order valence-electron chi connectivity index (χ2n) is 4.44. The molecule has 1 aromatic carbocycles. The quantitative estimate of drug-likeness (QED) is 0.818. The zero-order chi connectivity index (χ0) is 12.4. The lowest BCUT2D eigenvalue weighted by Crippen LogP contribution is -2.30. The van der Waals surface area contributed by atoms with Crippen molar-refractivity contribution in [3.63, 3.8) is 0 Å². The second kappa shape index (κ2) is 4.75. The van der Waals surface area contributed by atoms with Gasteiger partial charge in [0.05, 0.1) is 7.11 Å².